The first-order valence-electron chi connectivity index (χ1n) is 8.13. The fourth-order valence-corrected chi connectivity index (χ4v) is 2.50. The third kappa shape index (κ3) is 4.95. The maximum absolute atomic E-state index is 12.1. The molecule has 0 unspecified atom stereocenters. The van der Waals surface area contributed by atoms with Crippen LogP contribution in [0, 0.1) is 13.8 Å². The molecule has 0 aliphatic rings. The fraction of sp³-hybridized carbons (Fsp3) is 0.300. The summed E-state index contributed by atoms with van der Waals surface area (Å²) < 4.78 is 0. The van der Waals surface area contributed by atoms with E-state index in [1.807, 2.05) is 62.4 Å². The number of anilines is 1. The van der Waals surface area contributed by atoms with Crippen LogP contribution < -0.4 is 10.2 Å². The molecule has 4 heteroatoms. The Labute approximate surface area is 143 Å². The Hall–Kier alpha value is -2.62. The van der Waals surface area contributed by atoms with Crippen molar-refractivity contribution in [3.8, 4) is 0 Å². The first-order chi connectivity index (χ1) is 11.5. The largest absolute Gasteiger partial charge is 0.352 e. The fourth-order valence-electron chi connectivity index (χ4n) is 2.50. The molecular formula is C20H24N2O2. The number of nitrogens with one attached hydrogen (secondary N) is 1. The molecule has 2 aromatic carbocycles. The molecule has 0 spiro atoms. The topological polar surface area (TPSA) is 49.4 Å². The molecule has 0 bridgehead atoms. The Morgan fingerprint density at radius 3 is 2.29 bits per heavy atom. The normalized spacial score (nSPS) is 10.3. The smallest absolute Gasteiger partial charge is 0.223 e. The number of hydrogen-bond acceptors (Lipinski definition) is 2. The number of nitrogens with zero attached hydrogens (tertiary/aromatic N) is 1. The van der Waals surface area contributed by atoms with Gasteiger partial charge in [-0.2, -0.15) is 0 Å². The lowest BCUT2D eigenvalue weighted by atomic mass is 10.1. The van der Waals surface area contributed by atoms with Crippen LogP contribution in [0.5, 0.6) is 0 Å². The molecule has 0 aromatic heterocycles. The van der Waals surface area contributed by atoms with Crippen LogP contribution in [-0.4, -0.2) is 18.4 Å². The molecule has 2 aromatic rings. The highest BCUT2D eigenvalue weighted by molar-refractivity contribution is 5.92. The minimum absolute atomic E-state index is 0.0587. The lowest BCUT2D eigenvalue weighted by Crippen LogP contribution is -2.33. The maximum Gasteiger partial charge on any atom is 0.223 e. The molecule has 24 heavy (non-hydrogen) atoms. The number of benzene rings is 2. The first kappa shape index (κ1) is 17.7. The van der Waals surface area contributed by atoms with Crippen molar-refractivity contribution in [2.45, 2.75) is 33.7 Å². The molecule has 2 rings (SSSR count). The predicted molar refractivity (Wildman–Crippen MR) is 96.8 cm³/mol. The van der Waals surface area contributed by atoms with Gasteiger partial charge >= 0.3 is 0 Å². The summed E-state index contributed by atoms with van der Waals surface area (Å²) >= 11 is 0. The molecule has 0 fully saturated rings. The van der Waals surface area contributed by atoms with Crippen LogP contribution in [0.1, 0.15) is 30.0 Å². The quantitative estimate of drug-likeness (QED) is 0.886. The van der Waals surface area contributed by atoms with E-state index in [0.717, 1.165) is 22.4 Å². The van der Waals surface area contributed by atoms with Gasteiger partial charge in [0.1, 0.15) is 0 Å². The zero-order valence-corrected chi connectivity index (χ0v) is 14.5. The Morgan fingerprint density at radius 2 is 1.67 bits per heavy atom. The molecule has 0 radical (unpaired) electrons. The number of aryl methyl sites for hydroxylation is 2. The molecule has 2 amide bonds. The Kier molecular flexibility index (Phi) is 6.13. The van der Waals surface area contributed by atoms with Gasteiger partial charge in [-0.05, 0) is 37.1 Å². The highest BCUT2D eigenvalue weighted by atomic mass is 16.2. The van der Waals surface area contributed by atoms with Gasteiger partial charge in [0.15, 0.2) is 0 Å². The van der Waals surface area contributed by atoms with Crippen molar-refractivity contribution in [2.75, 3.05) is 11.4 Å². The molecule has 0 heterocycles. The van der Waals surface area contributed by atoms with Crippen molar-refractivity contribution in [1.82, 2.24) is 5.32 Å². The zero-order chi connectivity index (χ0) is 17.5. The van der Waals surface area contributed by atoms with Crippen LogP contribution in [0.3, 0.4) is 0 Å². The molecule has 0 aliphatic heterocycles. The summed E-state index contributed by atoms with van der Waals surface area (Å²) in [4.78, 5) is 25.6. The zero-order valence-electron chi connectivity index (χ0n) is 14.5. The summed E-state index contributed by atoms with van der Waals surface area (Å²) in [5.74, 6) is -0.123. The molecule has 0 atom stereocenters. The second-order valence-corrected chi connectivity index (χ2v) is 5.96. The van der Waals surface area contributed by atoms with Gasteiger partial charge in [0.2, 0.25) is 11.8 Å². The molecule has 0 saturated carbocycles. The maximum atomic E-state index is 12.1. The van der Waals surface area contributed by atoms with Gasteiger partial charge in [0, 0.05) is 32.1 Å². The standard InChI is InChI=1S/C20H24N2O2/c1-15-8-10-19(11-9-15)22(17(3)23)13-12-20(24)21-14-18-7-5-4-6-16(18)2/h4-11H,12-14H2,1-3H3,(H,21,24). The summed E-state index contributed by atoms with van der Waals surface area (Å²) in [6, 6.07) is 15.7. The molecular weight excluding hydrogens is 300 g/mol. The minimum Gasteiger partial charge on any atom is -0.352 e. The summed E-state index contributed by atoms with van der Waals surface area (Å²) in [5, 5.41) is 2.92. The van der Waals surface area contributed by atoms with Crippen molar-refractivity contribution in [3.63, 3.8) is 0 Å². The van der Waals surface area contributed by atoms with Crippen LogP contribution in [0.15, 0.2) is 48.5 Å². The first-order valence-corrected chi connectivity index (χ1v) is 8.13. The summed E-state index contributed by atoms with van der Waals surface area (Å²) in [6.45, 7) is 6.43. The number of carbonyl (C=O) groups is 2. The van der Waals surface area contributed by atoms with E-state index in [-0.39, 0.29) is 18.2 Å². The third-order valence-electron chi connectivity index (χ3n) is 4.03. The summed E-state index contributed by atoms with van der Waals surface area (Å²) in [7, 11) is 0. The Morgan fingerprint density at radius 1 is 1.00 bits per heavy atom. The van der Waals surface area contributed by atoms with Crippen molar-refractivity contribution >= 4 is 17.5 Å². The molecule has 1 N–H and O–H groups in total. The number of rotatable bonds is 6. The van der Waals surface area contributed by atoms with Gasteiger partial charge in [0.25, 0.3) is 0 Å². The van der Waals surface area contributed by atoms with E-state index in [9.17, 15) is 9.59 Å². The van der Waals surface area contributed by atoms with Gasteiger partial charge in [-0.15, -0.1) is 0 Å². The van der Waals surface area contributed by atoms with Crippen molar-refractivity contribution < 1.29 is 9.59 Å². The van der Waals surface area contributed by atoms with Gasteiger partial charge in [0.05, 0.1) is 0 Å². The van der Waals surface area contributed by atoms with Gasteiger partial charge in [-0.25, -0.2) is 0 Å². The molecule has 126 valence electrons. The van der Waals surface area contributed by atoms with Gasteiger partial charge in [-0.1, -0.05) is 42.0 Å². The number of hydrogen-bond donors (Lipinski definition) is 1. The molecule has 0 saturated heterocycles. The Bertz CT molecular complexity index is 708. The number of carbonyl (C=O) groups excluding carboxylic acids is 2. The minimum atomic E-state index is -0.0643. The second kappa shape index (κ2) is 8.29. The van der Waals surface area contributed by atoms with Crippen LogP contribution in [-0.2, 0) is 16.1 Å². The van der Waals surface area contributed by atoms with E-state index < -0.39 is 0 Å². The molecule has 0 aliphatic carbocycles. The van der Waals surface area contributed by atoms with Crippen molar-refractivity contribution in [1.29, 1.82) is 0 Å². The second-order valence-electron chi connectivity index (χ2n) is 5.96. The van der Waals surface area contributed by atoms with E-state index in [0.29, 0.717) is 13.1 Å². The highest BCUT2D eigenvalue weighted by Gasteiger charge is 2.13. The van der Waals surface area contributed by atoms with Crippen molar-refractivity contribution in [2.24, 2.45) is 0 Å². The Balaban J connectivity index is 1.90. The van der Waals surface area contributed by atoms with Gasteiger partial charge < -0.3 is 10.2 Å². The highest BCUT2D eigenvalue weighted by Crippen LogP contribution is 2.15. The average molecular weight is 324 g/mol. The van der Waals surface area contributed by atoms with Crippen molar-refractivity contribution in [3.05, 3.63) is 65.2 Å². The van der Waals surface area contributed by atoms with Crippen LogP contribution >= 0.6 is 0 Å². The summed E-state index contributed by atoms with van der Waals surface area (Å²) in [5.41, 5.74) is 4.22. The van der Waals surface area contributed by atoms with E-state index in [2.05, 4.69) is 5.32 Å². The third-order valence-corrected chi connectivity index (χ3v) is 4.03. The van der Waals surface area contributed by atoms with Crippen LogP contribution in [0.25, 0.3) is 0 Å². The SMILES string of the molecule is CC(=O)N(CCC(=O)NCc1ccccc1C)c1ccc(C)cc1. The molecule has 4 nitrogen and oxygen atoms in total. The van der Waals surface area contributed by atoms with E-state index in [1.54, 1.807) is 4.90 Å². The van der Waals surface area contributed by atoms with E-state index in [1.165, 1.54) is 6.92 Å². The lowest BCUT2D eigenvalue weighted by Gasteiger charge is -2.21. The summed E-state index contributed by atoms with van der Waals surface area (Å²) in [6.07, 6.45) is 0.277. The van der Waals surface area contributed by atoms with Crippen LogP contribution in [0.2, 0.25) is 0 Å². The van der Waals surface area contributed by atoms with Crippen LogP contribution in [0.4, 0.5) is 5.69 Å². The van der Waals surface area contributed by atoms with Gasteiger partial charge in [-0.3, -0.25) is 9.59 Å². The van der Waals surface area contributed by atoms with E-state index >= 15 is 0 Å². The number of amides is 2. The van der Waals surface area contributed by atoms with E-state index in [4.69, 9.17) is 0 Å². The predicted octanol–water partition coefficient (Wildman–Crippen LogP) is 3.36. The monoisotopic (exact) mass is 324 g/mol. The average Bonchev–Trinajstić information content (AvgIpc) is 2.55. The lowest BCUT2D eigenvalue weighted by molar-refractivity contribution is -0.121.